The minimum absolute atomic E-state index is 0.116. The van der Waals surface area contributed by atoms with Crippen LogP contribution in [-0.4, -0.2) is 30.2 Å². The Bertz CT molecular complexity index is 1420. The zero-order valence-electron chi connectivity index (χ0n) is 14.3. The smallest absolute Gasteiger partial charge is 0.293 e. The first-order valence-electron chi connectivity index (χ1n) is 8.37. The third-order valence-electron chi connectivity index (χ3n) is 4.83. The van der Waals surface area contributed by atoms with Crippen molar-refractivity contribution in [3.63, 3.8) is 0 Å². The van der Waals surface area contributed by atoms with Gasteiger partial charge in [0.05, 0.1) is 22.0 Å². The number of para-hydroxylation sites is 1. The van der Waals surface area contributed by atoms with E-state index >= 15 is 0 Å². The monoisotopic (exact) mass is 358 g/mol. The maximum Gasteiger partial charge on any atom is 0.293 e. The molecule has 27 heavy (non-hydrogen) atoms. The highest BCUT2D eigenvalue weighted by Crippen LogP contribution is 2.35. The Morgan fingerprint density at radius 3 is 2.52 bits per heavy atom. The van der Waals surface area contributed by atoms with Gasteiger partial charge in [-0.25, -0.2) is 4.98 Å². The number of rotatable bonds is 1. The van der Waals surface area contributed by atoms with E-state index < -0.39 is 5.56 Å². The van der Waals surface area contributed by atoms with E-state index in [2.05, 4.69) is 15.2 Å². The first-order valence-corrected chi connectivity index (χ1v) is 8.37. The van der Waals surface area contributed by atoms with E-state index in [-0.39, 0.29) is 5.75 Å². The minimum Gasteiger partial charge on any atom is -0.508 e. The molecule has 0 aliphatic rings. The Morgan fingerprint density at radius 1 is 1.00 bits per heavy atom. The van der Waals surface area contributed by atoms with E-state index in [0.717, 1.165) is 16.5 Å². The third-order valence-corrected chi connectivity index (χ3v) is 4.83. The molecule has 0 fully saturated rings. The van der Waals surface area contributed by atoms with Gasteiger partial charge < -0.3 is 10.3 Å². The van der Waals surface area contributed by atoms with Crippen molar-refractivity contribution >= 4 is 32.7 Å². The Balaban J connectivity index is 2.12. The molecular formula is C20H14N4O3. The van der Waals surface area contributed by atoms with Gasteiger partial charge in [0.15, 0.2) is 5.65 Å². The Kier molecular flexibility index (Phi) is 3.03. The summed E-state index contributed by atoms with van der Waals surface area (Å²) in [6.07, 6.45) is 0. The standard InChI is InChI=1S/C20H14N4O3/c1-10-15-16-13-4-2-3-5-14(13)24(27)20(26)17(16)18(21-19(15)23-22-10)11-6-8-12(25)9-7-11/h2-9,25,27H,1H3,(H,21,22,23). The van der Waals surface area contributed by atoms with Gasteiger partial charge in [-0.15, -0.1) is 4.73 Å². The van der Waals surface area contributed by atoms with E-state index in [1.165, 1.54) is 12.1 Å². The van der Waals surface area contributed by atoms with E-state index in [0.29, 0.717) is 37.9 Å². The highest BCUT2D eigenvalue weighted by atomic mass is 16.5. The summed E-state index contributed by atoms with van der Waals surface area (Å²) in [6, 6.07) is 13.6. The van der Waals surface area contributed by atoms with Crippen LogP contribution in [0, 0.1) is 6.92 Å². The lowest BCUT2D eigenvalue weighted by Gasteiger charge is -2.12. The van der Waals surface area contributed by atoms with Crippen LogP contribution in [0.15, 0.2) is 53.3 Å². The first kappa shape index (κ1) is 15.4. The van der Waals surface area contributed by atoms with Gasteiger partial charge in [-0.05, 0) is 37.3 Å². The number of hydrogen-bond acceptors (Lipinski definition) is 5. The molecule has 7 heteroatoms. The zero-order valence-corrected chi connectivity index (χ0v) is 14.3. The van der Waals surface area contributed by atoms with Crippen LogP contribution in [0.3, 0.4) is 0 Å². The second kappa shape index (κ2) is 5.31. The number of phenols is 1. The molecule has 5 aromatic rings. The second-order valence-corrected chi connectivity index (χ2v) is 6.44. The minimum atomic E-state index is -0.554. The molecule has 0 unspecified atom stereocenters. The van der Waals surface area contributed by atoms with Crippen LogP contribution in [0.2, 0.25) is 0 Å². The number of nitrogens with one attached hydrogen (secondary N) is 1. The maximum atomic E-state index is 13.1. The van der Waals surface area contributed by atoms with Crippen LogP contribution in [-0.2, 0) is 0 Å². The molecule has 0 saturated heterocycles. The summed E-state index contributed by atoms with van der Waals surface area (Å²) in [4.78, 5) is 17.7. The van der Waals surface area contributed by atoms with Crippen LogP contribution in [0.5, 0.6) is 5.75 Å². The number of H-pyrrole nitrogens is 1. The molecule has 0 aliphatic heterocycles. The molecule has 0 radical (unpaired) electrons. The number of aryl methyl sites for hydroxylation is 1. The van der Waals surface area contributed by atoms with Gasteiger partial charge in [0.25, 0.3) is 5.56 Å². The van der Waals surface area contributed by atoms with Crippen molar-refractivity contribution in [1.29, 1.82) is 0 Å². The summed E-state index contributed by atoms with van der Waals surface area (Å²) < 4.78 is 0.657. The molecular weight excluding hydrogens is 344 g/mol. The highest BCUT2D eigenvalue weighted by Gasteiger charge is 2.21. The predicted molar refractivity (Wildman–Crippen MR) is 102 cm³/mol. The number of nitrogens with zero attached hydrogens (tertiary/aromatic N) is 3. The molecule has 7 nitrogen and oxygen atoms in total. The fraction of sp³-hybridized carbons (Fsp3) is 0.0500. The van der Waals surface area contributed by atoms with E-state index in [4.69, 9.17) is 0 Å². The number of hydrogen-bond donors (Lipinski definition) is 3. The summed E-state index contributed by atoms with van der Waals surface area (Å²) in [5, 5.41) is 29.7. The van der Waals surface area contributed by atoms with Crippen molar-refractivity contribution in [3.05, 3.63) is 64.6 Å². The van der Waals surface area contributed by atoms with Crippen LogP contribution in [0.4, 0.5) is 0 Å². The van der Waals surface area contributed by atoms with Crippen molar-refractivity contribution in [2.24, 2.45) is 0 Å². The van der Waals surface area contributed by atoms with Gasteiger partial charge >= 0.3 is 0 Å². The number of aromatic amines is 1. The van der Waals surface area contributed by atoms with Crippen LogP contribution < -0.4 is 5.56 Å². The molecule has 0 amide bonds. The first-order chi connectivity index (χ1) is 13.1. The third kappa shape index (κ3) is 2.05. The SMILES string of the molecule is Cc1[nH]nc2nc(-c3ccc(O)cc3)c3c(=O)n(O)c4ccccc4c3c12. The quantitative estimate of drug-likeness (QED) is 0.315. The number of phenolic OH excluding ortho intramolecular Hbond substituents is 1. The van der Waals surface area contributed by atoms with E-state index in [1.54, 1.807) is 24.3 Å². The Labute approximate surface area is 152 Å². The summed E-state index contributed by atoms with van der Waals surface area (Å²) in [7, 11) is 0. The van der Waals surface area contributed by atoms with Gasteiger partial charge in [-0.3, -0.25) is 9.89 Å². The molecule has 0 aliphatic carbocycles. The molecule has 5 rings (SSSR count). The Morgan fingerprint density at radius 2 is 1.74 bits per heavy atom. The molecule has 0 saturated carbocycles. The fourth-order valence-electron chi connectivity index (χ4n) is 3.59. The topological polar surface area (TPSA) is 104 Å². The van der Waals surface area contributed by atoms with Gasteiger partial charge in [-0.1, -0.05) is 18.2 Å². The van der Waals surface area contributed by atoms with Gasteiger partial charge in [0.2, 0.25) is 0 Å². The largest absolute Gasteiger partial charge is 0.508 e. The summed E-state index contributed by atoms with van der Waals surface area (Å²) >= 11 is 0. The lowest BCUT2D eigenvalue weighted by molar-refractivity contribution is 0.190. The Hall–Kier alpha value is -3.87. The molecule has 2 aromatic carbocycles. The van der Waals surface area contributed by atoms with E-state index in [1.807, 2.05) is 19.1 Å². The molecule has 3 aromatic heterocycles. The van der Waals surface area contributed by atoms with E-state index in [9.17, 15) is 15.1 Å². The summed E-state index contributed by atoms with van der Waals surface area (Å²) in [6.45, 7) is 1.87. The summed E-state index contributed by atoms with van der Waals surface area (Å²) in [5.74, 6) is 0.116. The number of aromatic nitrogens is 4. The average molecular weight is 358 g/mol. The number of pyridine rings is 2. The van der Waals surface area contributed by atoms with Crippen LogP contribution in [0.1, 0.15) is 5.69 Å². The van der Waals surface area contributed by atoms with Crippen molar-refractivity contribution in [2.45, 2.75) is 6.92 Å². The van der Waals surface area contributed by atoms with Crippen molar-refractivity contribution in [2.75, 3.05) is 0 Å². The number of benzene rings is 2. The number of fused-ring (bicyclic) bond motifs is 5. The van der Waals surface area contributed by atoms with Gasteiger partial charge in [0, 0.05) is 22.0 Å². The molecule has 132 valence electrons. The molecule has 3 N–H and O–H groups in total. The fourth-order valence-corrected chi connectivity index (χ4v) is 3.59. The number of aromatic hydroxyl groups is 1. The molecule has 0 bridgehead atoms. The molecule has 0 atom stereocenters. The normalized spacial score (nSPS) is 11.6. The van der Waals surface area contributed by atoms with Crippen molar-refractivity contribution in [3.8, 4) is 17.0 Å². The van der Waals surface area contributed by atoms with Crippen LogP contribution >= 0.6 is 0 Å². The maximum absolute atomic E-state index is 13.1. The average Bonchev–Trinajstić information content (AvgIpc) is 3.06. The zero-order chi connectivity index (χ0) is 18.7. The second-order valence-electron chi connectivity index (χ2n) is 6.44. The lowest BCUT2D eigenvalue weighted by atomic mass is 9.99. The lowest BCUT2D eigenvalue weighted by Crippen LogP contribution is -2.19. The highest BCUT2D eigenvalue weighted by molar-refractivity contribution is 6.21. The summed E-state index contributed by atoms with van der Waals surface area (Å²) in [5.41, 5.74) is 2.19. The van der Waals surface area contributed by atoms with Gasteiger partial charge in [0.1, 0.15) is 5.75 Å². The van der Waals surface area contributed by atoms with Crippen LogP contribution in [0.25, 0.3) is 44.0 Å². The molecule has 0 spiro atoms. The van der Waals surface area contributed by atoms with Gasteiger partial charge in [-0.2, -0.15) is 5.10 Å². The molecule has 3 heterocycles. The predicted octanol–water partition coefficient (Wildman–Crippen LogP) is 3.34. The van der Waals surface area contributed by atoms with Crippen molar-refractivity contribution < 1.29 is 10.3 Å². The van der Waals surface area contributed by atoms with Crippen molar-refractivity contribution in [1.82, 2.24) is 19.9 Å².